The van der Waals surface area contributed by atoms with Crippen molar-refractivity contribution in [3.63, 3.8) is 0 Å². The number of hydrogen-bond acceptors (Lipinski definition) is 5. The summed E-state index contributed by atoms with van der Waals surface area (Å²) in [6.45, 7) is 1.71. The van der Waals surface area contributed by atoms with E-state index >= 15 is 0 Å². The summed E-state index contributed by atoms with van der Waals surface area (Å²) in [5, 5.41) is 19.6. The summed E-state index contributed by atoms with van der Waals surface area (Å²) in [7, 11) is 0. The summed E-state index contributed by atoms with van der Waals surface area (Å²) >= 11 is 1.21. The average molecular weight is 305 g/mol. The maximum Gasteiger partial charge on any atom is 0.260 e. The van der Waals surface area contributed by atoms with Crippen LogP contribution in [0.4, 0.5) is 9.52 Å². The number of carbonyl (C=O) groups excluding carboxylic acids is 1. The number of aliphatic hydroxyl groups is 1. The molecule has 108 valence electrons. The third kappa shape index (κ3) is 4.08. The normalized spacial score (nSPS) is 9.86. The van der Waals surface area contributed by atoms with Gasteiger partial charge in [-0.05, 0) is 25.1 Å². The summed E-state index contributed by atoms with van der Waals surface area (Å²) in [6.07, 6.45) is 0.320. The predicted octanol–water partition coefficient (Wildman–Crippen LogP) is 1.97. The molecule has 5 nitrogen and oxygen atoms in total. The zero-order valence-corrected chi connectivity index (χ0v) is 12.0. The Kier molecular flexibility index (Phi) is 4.98. The van der Waals surface area contributed by atoms with Crippen molar-refractivity contribution in [3.05, 3.63) is 40.2 Å². The molecule has 1 aromatic carbocycles. The van der Waals surface area contributed by atoms with E-state index in [9.17, 15) is 9.18 Å². The number of anilines is 1. The third-order valence-electron chi connectivity index (χ3n) is 2.43. The number of aromatic nitrogens is 2. The SMILES string of the molecule is Cc1nnc(NC(=O)c2ccc(C#CCCO)cc2F)s1. The molecule has 7 heteroatoms. The van der Waals surface area contributed by atoms with Gasteiger partial charge in [0.05, 0.1) is 12.2 Å². The summed E-state index contributed by atoms with van der Waals surface area (Å²) in [6, 6.07) is 4.10. The molecule has 0 aliphatic rings. The summed E-state index contributed by atoms with van der Waals surface area (Å²) in [4.78, 5) is 11.9. The van der Waals surface area contributed by atoms with E-state index in [0.717, 1.165) is 0 Å². The highest BCUT2D eigenvalue weighted by Crippen LogP contribution is 2.16. The number of hydrogen-bond donors (Lipinski definition) is 2. The van der Waals surface area contributed by atoms with Crippen LogP contribution in [0.3, 0.4) is 0 Å². The molecular formula is C14H12FN3O2S. The minimum atomic E-state index is -0.662. The molecule has 0 saturated heterocycles. The van der Waals surface area contributed by atoms with Crippen LogP contribution in [-0.4, -0.2) is 27.8 Å². The van der Waals surface area contributed by atoms with Crippen molar-refractivity contribution < 1.29 is 14.3 Å². The molecule has 2 rings (SSSR count). The molecular weight excluding hydrogens is 293 g/mol. The van der Waals surface area contributed by atoms with E-state index in [1.54, 1.807) is 13.0 Å². The van der Waals surface area contributed by atoms with Crippen molar-refractivity contribution in [3.8, 4) is 11.8 Å². The molecule has 0 atom stereocenters. The van der Waals surface area contributed by atoms with E-state index in [0.29, 0.717) is 22.1 Å². The Balaban J connectivity index is 2.13. The number of nitrogens with zero attached hydrogens (tertiary/aromatic N) is 2. The highest BCUT2D eigenvalue weighted by molar-refractivity contribution is 7.15. The lowest BCUT2D eigenvalue weighted by Crippen LogP contribution is -2.13. The van der Waals surface area contributed by atoms with Gasteiger partial charge < -0.3 is 5.11 Å². The second kappa shape index (κ2) is 6.92. The van der Waals surface area contributed by atoms with Crippen LogP contribution in [0.25, 0.3) is 0 Å². The third-order valence-corrected chi connectivity index (χ3v) is 3.18. The van der Waals surface area contributed by atoms with Gasteiger partial charge in [0.15, 0.2) is 0 Å². The first-order valence-corrected chi connectivity index (χ1v) is 6.92. The van der Waals surface area contributed by atoms with Gasteiger partial charge in [-0.3, -0.25) is 10.1 Å². The number of halogens is 1. The second-order valence-electron chi connectivity index (χ2n) is 4.05. The Morgan fingerprint density at radius 3 is 2.90 bits per heavy atom. The number of rotatable bonds is 3. The van der Waals surface area contributed by atoms with Crippen LogP contribution in [0, 0.1) is 24.6 Å². The highest BCUT2D eigenvalue weighted by Gasteiger charge is 2.13. The van der Waals surface area contributed by atoms with Crippen LogP contribution >= 0.6 is 11.3 Å². The van der Waals surface area contributed by atoms with E-state index in [4.69, 9.17) is 5.11 Å². The molecule has 21 heavy (non-hydrogen) atoms. The van der Waals surface area contributed by atoms with E-state index in [-0.39, 0.29) is 12.2 Å². The molecule has 0 spiro atoms. The minimum Gasteiger partial charge on any atom is -0.395 e. The topological polar surface area (TPSA) is 75.1 Å². The van der Waals surface area contributed by atoms with Gasteiger partial charge in [0, 0.05) is 12.0 Å². The van der Waals surface area contributed by atoms with E-state index < -0.39 is 11.7 Å². The number of aryl methyl sites for hydroxylation is 1. The summed E-state index contributed by atoms with van der Waals surface area (Å²) < 4.78 is 13.9. The van der Waals surface area contributed by atoms with Crippen LogP contribution in [0.1, 0.15) is 27.3 Å². The molecule has 1 amide bonds. The van der Waals surface area contributed by atoms with Crippen molar-refractivity contribution in [2.75, 3.05) is 11.9 Å². The molecule has 2 aromatic rings. The molecule has 0 aliphatic heterocycles. The molecule has 0 bridgehead atoms. The Labute approximate surface area is 124 Å². The Morgan fingerprint density at radius 1 is 1.48 bits per heavy atom. The molecule has 0 fully saturated rings. The lowest BCUT2D eigenvalue weighted by atomic mass is 10.1. The van der Waals surface area contributed by atoms with Gasteiger partial charge in [-0.15, -0.1) is 10.2 Å². The van der Waals surface area contributed by atoms with Crippen molar-refractivity contribution in [2.45, 2.75) is 13.3 Å². The molecule has 1 heterocycles. The minimum absolute atomic E-state index is 0.0444. The van der Waals surface area contributed by atoms with Gasteiger partial charge >= 0.3 is 0 Å². The van der Waals surface area contributed by atoms with Crippen LogP contribution in [0.5, 0.6) is 0 Å². The zero-order chi connectivity index (χ0) is 15.2. The van der Waals surface area contributed by atoms with Gasteiger partial charge in [0.25, 0.3) is 5.91 Å². The monoisotopic (exact) mass is 305 g/mol. The largest absolute Gasteiger partial charge is 0.395 e. The second-order valence-corrected chi connectivity index (χ2v) is 5.23. The number of amides is 1. The van der Waals surface area contributed by atoms with E-state index in [1.807, 2.05) is 0 Å². The summed E-state index contributed by atoms with van der Waals surface area (Å²) in [5.74, 6) is 4.14. The van der Waals surface area contributed by atoms with Crippen LogP contribution in [0.15, 0.2) is 18.2 Å². The van der Waals surface area contributed by atoms with E-state index in [2.05, 4.69) is 27.4 Å². The maximum absolute atomic E-state index is 13.9. The average Bonchev–Trinajstić information content (AvgIpc) is 2.84. The van der Waals surface area contributed by atoms with Crippen LogP contribution in [-0.2, 0) is 0 Å². The van der Waals surface area contributed by atoms with Crippen molar-refractivity contribution in [2.24, 2.45) is 0 Å². The first-order chi connectivity index (χ1) is 10.1. The van der Waals surface area contributed by atoms with Gasteiger partial charge in [-0.25, -0.2) is 4.39 Å². The zero-order valence-electron chi connectivity index (χ0n) is 11.2. The smallest absolute Gasteiger partial charge is 0.260 e. The van der Waals surface area contributed by atoms with E-state index in [1.165, 1.54) is 23.5 Å². The highest BCUT2D eigenvalue weighted by atomic mass is 32.1. The first kappa shape index (κ1) is 15.1. The van der Waals surface area contributed by atoms with Gasteiger partial charge in [0.1, 0.15) is 10.8 Å². The number of nitrogens with one attached hydrogen (secondary N) is 1. The standard InChI is InChI=1S/C14H12FN3O2S/c1-9-17-18-14(21-9)16-13(20)11-6-5-10(8-12(11)15)4-2-3-7-19/h5-6,8,19H,3,7H2,1H3,(H,16,18,20). The Morgan fingerprint density at radius 2 is 2.29 bits per heavy atom. The first-order valence-electron chi connectivity index (χ1n) is 6.11. The Hall–Kier alpha value is -2.30. The fourth-order valence-corrected chi connectivity index (χ4v) is 2.10. The van der Waals surface area contributed by atoms with Crippen molar-refractivity contribution in [1.29, 1.82) is 0 Å². The van der Waals surface area contributed by atoms with Gasteiger partial charge in [-0.2, -0.15) is 0 Å². The fraction of sp³-hybridized carbons (Fsp3) is 0.214. The van der Waals surface area contributed by atoms with Gasteiger partial charge in [0.2, 0.25) is 5.13 Å². The molecule has 0 aliphatic carbocycles. The molecule has 2 N–H and O–H groups in total. The lowest BCUT2D eigenvalue weighted by molar-refractivity contribution is 0.102. The molecule has 0 unspecified atom stereocenters. The quantitative estimate of drug-likeness (QED) is 0.850. The molecule has 0 radical (unpaired) electrons. The lowest BCUT2D eigenvalue weighted by Gasteiger charge is -2.03. The Bertz CT molecular complexity index is 718. The molecule has 0 saturated carbocycles. The van der Waals surface area contributed by atoms with Crippen LogP contribution < -0.4 is 5.32 Å². The predicted molar refractivity (Wildman–Crippen MR) is 77.6 cm³/mol. The van der Waals surface area contributed by atoms with Gasteiger partial charge in [-0.1, -0.05) is 23.2 Å². The number of aliphatic hydroxyl groups excluding tert-OH is 1. The maximum atomic E-state index is 13.9. The van der Waals surface area contributed by atoms with Crippen molar-refractivity contribution >= 4 is 22.4 Å². The number of benzene rings is 1. The molecule has 1 aromatic heterocycles. The van der Waals surface area contributed by atoms with Crippen LogP contribution in [0.2, 0.25) is 0 Å². The fourth-order valence-electron chi connectivity index (χ4n) is 1.51. The number of carbonyl (C=O) groups is 1. The summed E-state index contributed by atoms with van der Waals surface area (Å²) in [5.41, 5.74) is 0.361. The van der Waals surface area contributed by atoms with Crippen molar-refractivity contribution in [1.82, 2.24) is 10.2 Å².